The lowest BCUT2D eigenvalue weighted by Crippen LogP contribution is -2.52. The number of nitrogens with two attached hydrogens (primary N) is 1. The van der Waals surface area contributed by atoms with Gasteiger partial charge in [-0.15, -0.1) is 0 Å². The first-order valence-corrected chi connectivity index (χ1v) is 16.9. The number of nitrogens with zero attached hydrogens (tertiary/aromatic N) is 5. The summed E-state index contributed by atoms with van der Waals surface area (Å²) in [7, 11) is 0. The smallest absolute Gasteiger partial charge is 0.397 e. The summed E-state index contributed by atoms with van der Waals surface area (Å²) in [6, 6.07) is 13.6. The van der Waals surface area contributed by atoms with Gasteiger partial charge < -0.3 is 30.7 Å². The Labute approximate surface area is 288 Å². The van der Waals surface area contributed by atoms with Gasteiger partial charge in [-0.25, -0.2) is 4.79 Å². The third-order valence-electron chi connectivity index (χ3n) is 9.77. The average molecular weight is 698 g/mol. The van der Waals surface area contributed by atoms with Crippen LogP contribution in [0.4, 0.5) is 35.0 Å². The topological polar surface area (TPSA) is 115 Å². The first-order chi connectivity index (χ1) is 23.5. The number of piperidine rings is 1. The Morgan fingerprint density at radius 3 is 2.35 bits per heavy atom. The maximum Gasteiger partial charge on any atom is 0.418 e. The van der Waals surface area contributed by atoms with Crippen molar-refractivity contribution in [3.63, 3.8) is 0 Å². The molecule has 4 heterocycles. The van der Waals surface area contributed by atoms with Gasteiger partial charge in [0.25, 0.3) is 0 Å². The number of hydrogen-bond acceptors (Lipinski definition) is 6. The number of hydrogen-bond donors (Lipinski definition) is 2. The minimum absolute atomic E-state index is 0.0507. The third kappa shape index (κ3) is 7.87. The monoisotopic (exact) mass is 697 g/mol. The molecule has 0 aliphatic carbocycles. The molecule has 3 aliphatic heterocycles. The van der Waals surface area contributed by atoms with Crippen molar-refractivity contribution in [1.29, 1.82) is 0 Å². The second-order valence-corrected chi connectivity index (χ2v) is 13.2. The largest absolute Gasteiger partial charge is 0.418 e. The van der Waals surface area contributed by atoms with Crippen LogP contribution >= 0.6 is 11.6 Å². The van der Waals surface area contributed by atoms with E-state index in [1.807, 2.05) is 41.3 Å². The highest BCUT2D eigenvalue weighted by Gasteiger charge is 2.37. The van der Waals surface area contributed by atoms with E-state index in [1.54, 1.807) is 22.2 Å². The van der Waals surface area contributed by atoms with Gasteiger partial charge in [0.1, 0.15) is 0 Å². The number of nitrogen functional groups attached to an aromatic ring is 1. The molecule has 4 amide bonds. The minimum Gasteiger partial charge on any atom is -0.397 e. The molecule has 0 spiro atoms. The van der Waals surface area contributed by atoms with Crippen molar-refractivity contribution in [3.8, 4) is 0 Å². The summed E-state index contributed by atoms with van der Waals surface area (Å²) in [4.78, 5) is 52.2. The van der Waals surface area contributed by atoms with Crippen LogP contribution in [0.25, 0.3) is 0 Å². The fraction of sp³-hybridized carbons (Fsp3) is 0.429. The Kier molecular flexibility index (Phi) is 10.2. The van der Waals surface area contributed by atoms with Crippen molar-refractivity contribution >= 4 is 46.5 Å². The Morgan fingerprint density at radius 2 is 1.65 bits per heavy atom. The van der Waals surface area contributed by atoms with Gasteiger partial charge in [0, 0.05) is 82.0 Å². The van der Waals surface area contributed by atoms with Crippen LogP contribution in [0.15, 0.2) is 60.9 Å². The number of benzene rings is 2. The molecular weight excluding hydrogens is 659 g/mol. The fourth-order valence-electron chi connectivity index (χ4n) is 7.06. The van der Waals surface area contributed by atoms with Crippen LogP contribution < -0.4 is 16.0 Å². The van der Waals surface area contributed by atoms with Crippen molar-refractivity contribution < 1.29 is 27.6 Å². The molecule has 0 bridgehead atoms. The van der Waals surface area contributed by atoms with Gasteiger partial charge in [0.05, 0.1) is 22.2 Å². The maximum absolute atomic E-state index is 14.0. The Hall–Kier alpha value is -4.52. The van der Waals surface area contributed by atoms with Gasteiger partial charge in [-0.3, -0.25) is 14.6 Å². The molecule has 0 saturated carbocycles. The number of urea groups is 1. The summed E-state index contributed by atoms with van der Waals surface area (Å²) in [6.07, 6.45) is 0.263. The number of anilines is 3. The van der Waals surface area contributed by atoms with Crippen LogP contribution in [0.2, 0.25) is 5.02 Å². The molecule has 260 valence electrons. The molecule has 49 heavy (non-hydrogen) atoms. The highest BCUT2D eigenvalue weighted by Crippen LogP contribution is 2.38. The van der Waals surface area contributed by atoms with E-state index >= 15 is 0 Å². The molecule has 3 N–H and O–H groups in total. The van der Waals surface area contributed by atoms with Gasteiger partial charge >= 0.3 is 12.2 Å². The second-order valence-electron chi connectivity index (χ2n) is 12.8. The van der Waals surface area contributed by atoms with E-state index < -0.39 is 23.3 Å². The van der Waals surface area contributed by atoms with Crippen LogP contribution in [-0.4, -0.2) is 89.4 Å². The number of alkyl halides is 3. The first kappa shape index (κ1) is 34.3. The van der Waals surface area contributed by atoms with Crippen LogP contribution in [0.5, 0.6) is 0 Å². The lowest BCUT2D eigenvalue weighted by Gasteiger charge is -2.39. The predicted octanol–water partition coefficient (Wildman–Crippen LogP) is 5.31. The van der Waals surface area contributed by atoms with Crippen molar-refractivity contribution in [2.75, 3.05) is 61.8 Å². The number of nitrogens with one attached hydrogen (secondary N) is 1. The minimum atomic E-state index is -4.74. The van der Waals surface area contributed by atoms with Gasteiger partial charge in [0.2, 0.25) is 11.8 Å². The number of pyridine rings is 1. The normalized spacial score (nSPS) is 18.1. The van der Waals surface area contributed by atoms with Gasteiger partial charge in [-0.1, -0.05) is 29.8 Å². The molecular formula is C35H39ClF3N7O3. The molecule has 1 atom stereocenters. The number of halogens is 4. The van der Waals surface area contributed by atoms with E-state index in [4.69, 9.17) is 17.3 Å². The van der Waals surface area contributed by atoms with Crippen molar-refractivity contribution in [1.82, 2.24) is 19.7 Å². The molecule has 1 aromatic heterocycles. The van der Waals surface area contributed by atoms with Crippen LogP contribution in [0, 0.1) is 5.92 Å². The van der Waals surface area contributed by atoms with Crippen molar-refractivity contribution in [3.05, 3.63) is 82.6 Å². The zero-order chi connectivity index (χ0) is 34.7. The van der Waals surface area contributed by atoms with Crippen molar-refractivity contribution in [2.45, 2.75) is 44.3 Å². The molecule has 2 fully saturated rings. The van der Waals surface area contributed by atoms with E-state index in [0.717, 1.165) is 29.4 Å². The number of fused-ring (bicyclic) bond motifs is 1. The molecule has 6 rings (SSSR count). The quantitative estimate of drug-likeness (QED) is 0.324. The number of aromatic nitrogens is 1. The molecule has 10 nitrogen and oxygen atoms in total. The van der Waals surface area contributed by atoms with Gasteiger partial charge in [0.15, 0.2) is 0 Å². The van der Waals surface area contributed by atoms with E-state index in [1.165, 1.54) is 6.07 Å². The highest BCUT2D eigenvalue weighted by molar-refractivity contribution is 6.33. The predicted molar refractivity (Wildman–Crippen MR) is 181 cm³/mol. The summed E-state index contributed by atoms with van der Waals surface area (Å²) < 4.78 is 41.4. The summed E-state index contributed by atoms with van der Waals surface area (Å²) >= 11 is 6.13. The van der Waals surface area contributed by atoms with Crippen molar-refractivity contribution in [2.24, 2.45) is 5.92 Å². The first-order valence-electron chi connectivity index (χ1n) is 16.5. The number of piperazine rings is 1. The summed E-state index contributed by atoms with van der Waals surface area (Å²) in [5, 5.41) is 2.75. The Morgan fingerprint density at radius 1 is 0.959 bits per heavy atom. The summed E-state index contributed by atoms with van der Waals surface area (Å²) in [5.41, 5.74) is 7.06. The lowest BCUT2D eigenvalue weighted by atomic mass is 9.92. The zero-order valence-corrected chi connectivity index (χ0v) is 27.7. The number of para-hydroxylation sites is 1. The molecule has 3 aromatic rings. The fourth-order valence-corrected chi connectivity index (χ4v) is 7.30. The number of carbonyl (C=O) groups excluding carboxylic acids is 3. The van der Waals surface area contributed by atoms with E-state index in [0.29, 0.717) is 58.7 Å². The van der Waals surface area contributed by atoms with Gasteiger partial charge in [-0.2, -0.15) is 13.2 Å². The Balaban J connectivity index is 1.14. The number of likely N-dealkylation sites (tertiary alicyclic amines) is 1. The molecule has 2 aromatic carbocycles. The SMILES string of the molecule is Nc1c(Cl)cc(C[C@@H](CC(=O)N2CCC(N3CCc4ccccc4NC3=O)CC2)C(=O)N2CCN(c3ccncc3)CC2)cc1C(F)(F)F. The highest BCUT2D eigenvalue weighted by atomic mass is 35.5. The summed E-state index contributed by atoms with van der Waals surface area (Å²) in [6.45, 7) is 3.28. The van der Waals surface area contributed by atoms with Crippen LogP contribution in [0.1, 0.15) is 36.0 Å². The van der Waals surface area contributed by atoms with Crippen LogP contribution in [0.3, 0.4) is 0 Å². The third-order valence-corrected chi connectivity index (χ3v) is 10.1. The maximum atomic E-state index is 14.0. The summed E-state index contributed by atoms with van der Waals surface area (Å²) in [5.74, 6) is -1.45. The molecule has 0 unspecified atom stereocenters. The van der Waals surface area contributed by atoms with Crippen LogP contribution in [-0.2, 0) is 28.6 Å². The molecule has 2 saturated heterocycles. The van der Waals surface area contributed by atoms with E-state index in [2.05, 4.69) is 15.2 Å². The average Bonchev–Trinajstić information content (AvgIpc) is 3.27. The molecule has 0 radical (unpaired) electrons. The van der Waals surface area contributed by atoms with E-state index in [-0.39, 0.29) is 47.3 Å². The standard InChI is InChI=1S/C35H39ClF3N7O3/c36-29-21-23(20-28(32(29)40)35(37,38)39)19-25(33(48)45-17-15-43(16-18-45)26-5-10-41-11-6-26)22-31(47)44-12-8-27(9-13-44)46-14-7-24-3-1-2-4-30(24)42-34(46)49/h1-6,10-11,20-21,25,27H,7-9,12-19,22,40H2,(H,42,49)/t25-/m0/s1. The lowest BCUT2D eigenvalue weighted by molar-refractivity contribution is -0.142. The van der Waals surface area contributed by atoms with Gasteiger partial charge in [-0.05, 0) is 67.1 Å². The zero-order valence-electron chi connectivity index (χ0n) is 27.0. The molecule has 3 aliphatic rings. The molecule has 14 heteroatoms. The Bertz CT molecular complexity index is 1680. The number of rotatable bonds is 7. The number of carbonyl (C=O) groups is 3. The number of amides is 4. The second kappa shape index (κ2) is 14.5. The van der Waals surface area contributed by atoms with E-state index in [9.17, 15) is 27.6 Å².